The summed E-state index contributed by atoms with van der Waals surface area (Å²) >= 11 is 6.99. The maximum atomic E-state index is 15.0. The number of anilines is 1. The fourth-order valence-electron chi connectivity index (χ4n) is 4.01. The molecule has 3 heterocycles. The van der Waals surface area contributed by atoms with Gasteiger partial charge in [-0.1, -0.05) is 53.8 Å². The van der Waals surface area contributed by atoms with Crippen LogP contribution >= 0.6 is 22.9 Å². The van der Waals surface area contributed by atoms with Gasteiger partial charge in [0.15, 0.2) is 10.6 Å². The number of halogens is 2. The van der Waals surface area contributed by atoms with E-state index in [0.29, 0.717) is 10.7 Å². The van der Waals surface area contributed by atoms with Gasteiger partial charge < -0.3 is 9.15 Å². The molecule has 5 rings (SSSR count). The number of esters is 1. The van der Waals surface area contributed by atoms with Crippen molar-refractivity contribution in [2.45, 2.75) is 13.0 Å². The molecular formula is C25H16ClFN2O5S. The number of carbonyl (C=O) groups excluding carboxylic acids is 2. The molecule has 0 spiro atoms. The highest BCUT2D eigenvalue weighted by molar-refractivity contribution is 7.17. The van der Waals surface area contributed by atoms with E-state index >= 15 is 4.39 Å². The molecule has 2 aromatic heterocycles. The van der Waals surface area contributed by atoms with E-state index in [2.05, 4.69) is 11.6 Å². The van der Waals surface area contributed by atoms with E-state index in [-0.39, 0.29) is 44.5 Å². The van der Waals surface area contributed by atoms with Gasteiger partial charge in [-0.15, -0.1) is 0 Å². The number of thiazole rings is 1. The second-order valence-corrected chi connectivity index (χ2v) is 9.13. The quantitative estimate of drug-likeness (QED) is 0.262. The first-order valence-corrected chi connectivity index (χ1v) is 11.6. The standard InChI is InChI=1S/C25H16ClFN2O5S/c1-3-10-33-24(32)22-12(2)28-25(35-22)29-19(14-6-4-5-7-16(14)27)18-20(30)15-11-13(26)8-9-17(15)34-21(18)23(29)31/h3-9,11,19H,1,10H2,2H3. The molecule has 1 aliphatic rings. The average Bonchev–Trinajstić information content (AvgIpc) is 3.36. The number of rotatable bonds is 5. The topological polar surface area (TPSA) is 89.7 Å². The Hall–Kier alpha value is -3.82. The Labute approximate surface area is 207 Å². The van der Waals surface area contributed by atoms with E-state index in [4.69, 9.17) is 20.8 Å². The zero-order valence-corrected chi connectivity index (χ0v) is 19.8. The molecule has 0 saturated carbocycles. The van der Waals surface area contributed by atoms with Crippen molar-refractivity contribution < 1.29 is 23.1 Å². The molecule has 7 nitrogen and oxygen atoms in total. The van der Waals surface area contributed by atoms with Crippen molar-refractivity contribution in [2.75, 3.05) is 11.5 Å². The SMILES string of the molecule is C=CCOC(=O)c1sc(N2C(=O)c3oc4ccc(Cl)cc4c(=O)c3C2c2ccccc2F)nc1C. The van der Waals surface area contributed by atoms with E-state index in [1.807, 2.05) is 0 Å². The summed E-state index contributed by atoms with van der Waals surface area (Å²) in [5.74, 6) is -2.15. The van der Waals surface area contributed by atoms with Gasteiger partial charge in [0.1, 0.15) is 28.9 Å². The highest BCUT2D eigenvalue weighted by atomic mass is 35.5. The van der Waals surface area contributed by atoms with Crippen LogP contribution in [0.2, 0.25) is 5.02 Å². The van der Waals surface area contributed by atoms with E-state index in [0.717, 1.165) is 11.3 Å². The maximum Gasteiger partial charge on any atom is 0.350 e. The van der Waals surface area contributed by atoms with Crippen molar-refractivity contribution in [1.82, 2.24) is 4.98 Å². The van der Waals surface area contributed by atoms with Crippen LogP contribution in [0.15, 0.2) is 64.3 Å². The van der Waals surface area contributed by atoms with Crippen molar-refractivity contribution in [3.8, 4) is 0 Å². The Morgan fingerprint density at radius 1 is 1.31 bits per heavy atom. The summed E-state index contributed by atoms with van der Waals surface area (Å²) in [5, 5.41) is 0.571. The molecule has 1 unspecified atom stereocenters. The van der Waals surface area contributed by atoms with Gasteiger partial charge in [0.2, 0.25) is 5.76 Å². The molecule has 4 aromatic rings. The molecule has 0 radical (unpaired) electrons. The number of hydrogen-bond acceptors (Lipinski definition) is 7. The second-order valence-electron chi connectivity index (χ2n) is 7.71. The molecule has 1 atom stereocenters. The summed E-state index contributed by atoms with van der Waals surface area (Å²) in [6, 6.07) is 9.13. The Kier molecular flexibility index (Phi) is 5.74. The Morgan fingerprint density at radius 3 is 2.83 bits per heavy atom. The van der Waals surface area contributed by atoms with Gasteiger partial charge in [-0.25, -0.2) is 14.2 Å². The van der Waals surface area contributed by atoms with Gasteiger partial charge in [-0.05, 0) is 31.2 Å². The summed E-state index contributed by atoms with van der Waals surface area (Å²) in [4.78, 5) is 45.4. The zero-order chi connectivity index (χ0) is 24.9. The molecule has 176 valence electrons. The van der Waals surface area contributed by atoms with Crippen molar-refractivity contribution in [3.05, 3.63) is 104 Å². The number of carbonyl (C=O) groups is 2. The van der Waals surface area contributed by atoms with Crippen LogP contribution in [0.1, 0.15) is 43.1 Å². The average molecular weight is 511 g/mol. The number of ether oxygens (including phenoxy) is 1. The number of aromatic nitrogens is 1. The molecule has 0 saturated heterocycles. The van der Waals surface area contributed by atoms with Crippen molar-refractivity contribution in [2.24, 2.45) is 0 Å². The number of fused-ring (bicyclic) bond motifs is 2. The van der Waals surface area contributed by atoms with Crippen LogP contribution in [0.25, 0.3) is 11.0 Å². The largest absolute Gasteiger partial charge is 0.457 e. The Morgan fingerprint density at radius 2 is 2.09 bits per heavy atom. The highest BCUT2D eigenvalue weighted by Gasteiger charge is 2.46. The van der Waals surface area contributed by atoms with Gasteiger partial charge in [0.05, 0.1) is 16.6 Å². The molecule has 0 fully saturated rings. The van der Waals surface area contributed by atoms with E-state index in [9.17, 15) is 14.4 Å². The minimum Gasteiger partial charge on any atom is -0.457 e. The molecule has 1 amide bonds. The smallest absolute Gasteiger partial charge is 0.350 e. The number of amides is 1. The molecular weight excluding hydrogens is 495 g/mol. The number of aryl methyl sites for hydroxylation is 1. The van der Waals surface area contributed by atoms with Gasteiger partial charge in [0.25, 0.3) is 5.91 Å². The number of hydrogen-bond donors (Lipinski definition) is 0. The lowest BCUT2D eigenvalue weighted by molar-refractivity contribution is 0.0554. The van der Waals surface area contributed by atoms with Crippen LogP contribution in [-0.2, 0) is 4.74 Å². The van der Waals surface area contributed by atoms with Crippen LogP contribution in [-0.4, -0.2) is 23.5 Å². The summed E-state index contributed by atoms with van der Waals surface area (Å²) in [6.45, 7) is 5.11. The number of benzene rings is 2. The highest BCUT2D eigenvalue weighted by Crippen LogP contribution is 2.43. The van der Waals surface area contributed by atoms with E-state index < -0.39 is 29.2 Å². The van der Waals surface area contributed by atoms with Crippen molar-refractivity contribution in [1.29, 1.82) is 0 Å². The molecule has 0 N–H and O–H groups in total. The van der Waals surface area contributed by atoms with Crippen molar-refractivity contribution in [3.63, 3.8) is 0 Å². The maximum absolute atomic E-state index is 15.0. The van der Waals surface area contributed by atoms with Gasteiger partial charge >= 0.3 is 5.97 Å². The predicted molar refractivity (Wildman–Crippen MR) is 130 cm³/mol. The lowest BCUT2D eigenvalue weighted by Crippen LogP contribution is -2.30. The fourth-order valence-corrected chi connectivity index (χ4v) is 5.17. The first kappa shape index (κ1) is 22.9. The Bertz CT molecular complexity index is 1590. The van der Waals surface area contributed by atoms with Crippen LogP contribution in [0.4, 0.5) is 9.52 Å². The Balaban J connectivity index is 1.74. The molecule has 10 heteroatoms. The lowest BCUT2D eigenvalue weighted by atomic mass is 9.98. The van der Waals surface area contributed by atoms with Crippen LogP contribution < -0.4 is 10.3 Å². The minimum atomic E-state index is -1.17. The monoisotopic (exact) mass is 510 g/mol. The third-order valence-electron chi connectivity index (χ3n) is 5.54. The first-order valence-electron chi connectivity index (χ1n) is 10.4. The first-order chi connectivity index (χ1) is 16.8. The molecule has 1 aliphatic heterocycles. The minimum absolute atomic E-state index is 0.00498. The third kappa shape index (κ3) is 3.73. The summed E-state index contributed by atoms with van der Waals surface area (Å²) in [6.07, 6.45) is 1.43. The normalized spacial score (nSPS) is 14.9. The van der Waals surface area contributed by atoms with Crippen LogP contribution in [0, 0.1) is 12.7 Å². The predicted octanol–water partition coefficient (Wildman–Crippen LogP) is 5.44. The number of nitrogens with zero attached hydrogens (tertiary/aromatic N) is 2. The summed E-state index contributed by atoms with van der Waals surface area (Å²) in [7, 11) is 0. The zero-order valence-electron chi connectivity index (χ0n) is 18.2. The fraction of sp³-hybridized carbons (Fsp3) is 0.120. The lowest BCUT2D eigenvalue weighted by Gasteiger charge is -2.22. The molecule has 0 bridgehead atoms. The molecule has 2 aromatic carbocycles. The summed E-state index contributed by atoms with van der Waals surface area (Å²) < 4.78 is 26.0. The van der Waals surface area contributed by atoms with Gasteiger partial charge in [0, 0.05) is 10.6 Å². The second kappa shape index (κ2) is 8.75. The summed E-state index contributed by atoms with van der Waals surface area (Å²) in [5.41, 5.74) is 0.0399. The van der Waals surface area contributed by atoms with E-state index in [1.54, 1.807) is 13.0 Å². The van der Waals surface area contributed by atoms with E-state index in [1.165, 1.54) is 47.4 Å². The van der Waals surface area contributed by atoms with Crippen molar-refractivity contribution >= 4 is 50.9 Å². The third-order valence-corrected chi connectivity index (χ3v) is 6.91. The van der Waals surface area contributed by atoms with Gasteiger partial charge in [-0.3, -0.25) is 14.5 Å². The molecule has 35 heavy (non-hydrogen) atoms. The van der Waals surface area contributed by atoms with Crippen LogP contribution in [0.3, 0.4) is 0 Å². The van der Waals surface area contributed by atoms with Crippen LogP contribution in [0.5, 0.6) is 0 Å². The van der Waals surface area contributed by atoms with Gasteiger partial charge in [-0.2, -0.15) is 0 Å². The molecule has 0 aliphatic carbocycles.